The molecular weight excluding hydrogens is 376 g/mol. The van der Waals surface area contributed by atoms with Crippen molar-refractivity contribution in [1.82, 2.24) is 14.3 Å². The van der Waals surface area contributed by atoms with Gasteiger partial charge in [0.1, 0.15) is 0 Å². The van der Waals surface area contributed by atoms with Gasteiger partial charge in [0.2, 0.25) is 0 Å². The molecule has 1 fully saturated rings. The lowest BCUT2D eigenvalue weighted by Crippen LogP contribution is -2.51. The predicted molar refractivity (Wildman–Crippen MR) is 123 cm³/mol. The molecule has 0 spiro atoms. The van der Waals surface area contributed by atoms with Crippen LogP contribution in [0.5, 0.6) is 0 Å². The Kier molecular flexibility index (Phi) is 8.57. The molecule has 0 saturated carbocycles. The van der Waals surface area contributed by atoms with Crippen LogP contribution in [-0.2, 0) is 12.8 Å². The summed E-state index contributed by atoms with van der Waals surface area (Å²) in [7, 11) is 4.14. The fourth-order valence-corrected chi connectivity index (χ4v) is 4.61. The molecule has 2 N–H and O–H groups in total. The van der Waals surface area contributed by atoms with Gasteiger partial charge in [-0.05, 0) is 75.0 Å². The Bertz CT molecular complexity index is 815. The topological polar surface area (TPSA) is 51.1 Å². The zero-order valence-electron chi connectivity index (χ0n) is 17.5. The first kappa shape index (κ1) is 21.9. The van der Waals surface area contributed by atoms with Crippen molar-refractivity contribution >= 4 is 12.1 Å². The van der Waals surface area contributed by atoms with Crippen LogP contribution in [0.3, 0.4) is 0 Å². The van der Waals surface area contributed by atoms with Gasteiger partial charge in [-0.2, -0.15) is 5.26 Å². The van der Waals surface area contributed by atoms with Crippen LogP contribution in [0, 0.1) is 11.3 Å². The summed E-state index contributed by atoms with van der Waals surface area (Å²) in [5.41, 5.74) is 5.27. The maximum absolute atomic E-state index is 8.85. The number of nitrogens with zero attached hydrogens (tertiary/aromatic N) is 2. The normalized spacial score (nSPS) is 19.2. The Morgan fingerprint density at radius 2 is 2.07 bits per heavy atom. The van der Waals surface area contributed by atoms with Gasteiger partial charge >= 0.3 is 0 Å². The van der Waals surface area contributed by atoms with E-state index in [0.29, 0.717) is 18.5 Å². The monoisotopic (exact) mass is 408 g/mol. The maximum Gasteiger partial charge on any atom is 0.0621 e. The first-order valence-electron chi connectivity index (χ1n) is 10.5. The largest absolute Gasteiger partial charge is 0.312 e. The second-order valence-corrected chi connectivity index (χ2v) is 9.05. The Balaban J connectivity index is 1.73. The summed E-state index contributed by atoms with van der Waals surface area (Å²) in [5.74, 6) is 0. The van der Waals surface area contributed by atoms with Gasteiger partial charge in [-0.25, -0.2) is 9.03 Å². The number of piperidine rings is 1. The van der Waals surface area contributed by atoms with Gasteiger partial charge < -0.3 is 5.32 Å². The summed E-state index contributed by atoms with van der Waals surface area (Å²) in [6.45, 7) is 1.09. The molecule has 2 aromatic rings. The van der Waals surface area contributed by atoms with E-state index in [4.69, 9.17) is 5.26 Å². The SMILES string of the molecule is CN(C)SNC1CCCNC1Cc1cccc(-c2ccccc2CCCC#N)c1. The van der Waals surface area contributed by atoms with E-state index in [0.717, 1.165) is 25.8 Å². The molecule has 0 amide bonds. The van der Waals surface area contributed by atoms with Crippen LogP contribution >= 0.6 is 12.1 Å². The highest BCUT2D eigenvalue weighted by molar-refractivity contribution is 7.95. The van der Waals surface area contributed by atoms with Gasteiger partial charge in [0.25, 0.3) is 0 Å². The smallest absolute Gasteiger partial charge is 0.0621 e. The molecule has 2 aromatic carbocycles. The van der Waals surface area contributed by atoms with E-state index in [-0.39, 0.29) is 0 Å². The number of unbranched alkanes of at least 4 members (excludes halogenated alkanes) is 1. The van der Waals surface area contributed by atoms with Crippen molar-refractivity contribution in [3.63, 3.8) is 0 Å². The molecule has 154 valence electrons. The molecule has 0 aliphatic carbocycles. The van der Waals surface area contributed by atoms with Crippen molar-refractivity contribution in [2.45, 2.75) is 50.6 Å². The molecule has 0 aromatic heterocycles. The summed E-state index contributed by atoms with van der Waals surface area (Å²) in [4.78, 5) is 0. The first-order valence-corrected chi connectivity index (χ1v) is 11.3. The summed E-state index contributed by atoms with van der Waals surface area (Å²) in [6, 6.07) is 20.7. The molecular formula is C24H32N4S. The first-order chi connectivity index (χ1) is 14.2. The number of aryl methyl sites for hydroxylation is 1. The molecule has 2 unspecified atom stereocenters. The van der Waals surface area contributed by atoms with Gasteiger partial charge in [0, 0.05) is 30.6 Å². The van der Waals surface area contributed by atoms with E-state index >= 15 is 0 Å². The fourth-order valence-electron chi connectivity index (χ4n) is 3.98. The van der Waals surface area contributed by atoms with E-state index in [9.17, 15) is 0 Å². The molecule has 3 rings (SSSR count). The molecule has 0 radical (unpaired) electrons. The van der Waals surface area contributed by atoms with Crippen LogP contribution in [0.1, 0.15) is 36.8 Å². The Hall–Kier alpha value is -1.84. The second-order valence-electron chi connectivity index (χ2n) is 7.90. The van der Waals surface area contributed by atoms with E-state index in [2.05, 4.69) is 83.0 Å². The molecule has 4 nitrogen and oxygen atoms in total. The molecule has 5 heteroatoms. The van der Waals surface area contributed by atoms with Crippen molar-refractivity contribution in [3.8, 4) is 17.2 Å². The number of nitrogens with one attached hydrogen (secondary N) is 2. The lowest BCUT2D eigenvalue weighted by atomic mass is 9.91. The van der Waals surface area contributed by atoms with E-state index in [1.165, 1.54) is 35.1 Å². The minimum Gasteiger partial charge on any atom is -0.312 e. The van der Waals surface area contributed by atoms with Crippen LogP contribution in [0.4, 0.5) is 0 Å². The van der Waals surface area contributed by atoms with Crippen LogP contribution in [0.15, 0.2) is 48.5 Å². The van der Waals surface area contributed by atoms with Crippen molar-refractivity contribution < 1.29 is 0 Å². The minimum absolute atomic E-state index is 0.442. The molecule has 29 heavy (non-hydrogen) atoms. The highest BCUT2D eigenvalue weighted by Gasteiger charge is 2.25. The van der Waals surface area contributed by atoms with Gasteiger partial charge in [-0.3, -0.25) is 0 Å². The zero-order valence-corrected chi connectivity index (χ0v) is 18.3. The van der Waals surface area contributed by atoms with Gasteiger partial charge in [-0.15, -0.1) is 0 Å². The average Bonchev–Trinajstić information content (AvgIpc) is 2.74. The van der Waals surface area contributed by atoms with Crippen LogP contribution in [0.2, 0.25) is 0 Å². The van der Waals surface area contributed by atoms with Crippen molar-refractivity contribution in [2.75, 3.05) is 20.6 Å². The summed E-state index contributed by atoms with van der Waals surface area (Å²) < 4.78 is 5.74. The number of benzene rings is 2. The lowest BCUT2D eigenvalue weighted by Gasteiger charge is -2.33. The third-order valence-electron chi connectivity index (χ3n) is 5.42. The Morgan fingerprint density at radius 1 is 1.21 bits per heavy atom. The van der Waals surface area contributed by atoms with Gasteiger partial charge in [0.05, 0.1) is 6.07 Å². The molecule has 1 heterocycles. The van der Waals surface area contributed by atoms with Crippen molar-refractivity contribution in [2.24, 2.45) is 0 Å². The molecule has 1 aliphatic heterocycles. The molecule has 1 aliphatic rings. The fraction of sp³-hybridized carbons (Fsp3) is 0.458. The number of hydrogen-bond acceptors (Lipinski definition) is 5. The predicted octanol–water partition coefficient (Wildman–Crippen LogP) is 4.58. The third kappa shape index (κ3) is 6.58. The van der Waals surface area contributed by atoms with Crippen LogP contribution in [-0.4, -0.2) is 37.0 Å². The van der Waals surface area contributed by atoms with E-state index in [1.807, 2.05) is 0 Å². The summed E-state index contributed by atoms with van der Waals surface area (Å²) in [6.07, 6.45) is 5.93. The number of hydrogen-bond donors (Lipinski definition) is 2. The maximum atomic E-state index is 8.85. The number of nitriles is 1. The summed E-state index contributed by atoms with van der Waals surface area (Å²) in [5, 5.41) is 12.6. The van der Waals surface area contributed by atoms with Crippen LogP contribution in [0.25, 0.3) is 11.1 Å². The third-order valence-corrected chi connectivity index (χ3v) is 6.19. The van der Waals surface area contributed by atoms with Crippen molar-refractivity contribution in [3.05, 3.63) is 59.7 Å². The molecule has 2 atom stereocenters. The highest BCUT2D eigenvalue weighted by atomic mass is 32.2. The highest BCUT2D eigenvalue weighted by Crippen LogP contribution is 2.27. The van der Waals surface area contributed by atoms with Gasteiger partial charge in [-0.1, -0.05) is 48.5 Å². The standard InChI is InChI=1S/C24H32N4S/c1-28(2)29-27-23-14-8-16-26-24(23)18-19-9-7-12-21(17-19)22-13-4-3-10-20(22)11-5-6-15-25/h3-4,7,9-10,12-13,17,23-24,26-27H,5-6,8,11,14,16,18H2,1-2H3. The van der Waals surface area contributed by atoms with Gasteiger partial charge in [0.15, 0.2) is 0 Å². The Morgan fingerprint density at radius 3 is 2.90 bits per heavy atom. The van der Waals surface area contributed by atoms with Crippen molar-refractivity contribution in [1.29, 1.82) is 5.26 Å². The summed E-state index contributed by atoms with van der Waals surface area (Å²) >= 11 is 1.68. The minimum atomic E-state index is 0.442. The van der Waals surface area contributed by atoms with E-state index in [1.54, 1.807) is 12.1 Å². The average molecular weight is 409 g/mol. The van der Waals surface area contributed by atoms with Crippen LogP contribution < -0.4 is 10.0 Å². The Labute approximate surface area is 180 Å². The van der Waals surface area contributed by atoms with E-state index < -0.39 is 0 Å². The molecule has 1 saturated heterocycles. The number of rotatable bonds is 9. The zero-order chi connectivity index (χ0) is 20.5. The molecule has 0 bridgehead atoms. The quantitative estimate of drug-likeness (QED) is 0.470. The second kappa shape index (κ2) is 11.4. The lowest BCUT2D eigenvalue weighted by molar-refractivity contribution is 0.333.